The molecule has 0 aromatic heterocycles. The predicted molar refractivity (Wildman–Crippen MR) is 73.5 cm³/mol. The number of hydrogen-bond acceptors (Lipinski definition) is 3. The number of fused-ring (bicyclic) bond motifs is 3. The highest BCUT2D eigenvalue weighted by Crippen LogP contribution is 2.61. The third-order valence-electron chi connectivity index (χ3n) is 6.45. The average Bonchev–Trinajstić information content (AvgIpc) is 2.75. The van der Waals surface area contributed by atoms with E-state index in [0.717, 1.165) is 44.9 Å². The van der Waals surface area contributed by atoms with E-state index in [0.29, 0.717) is 12.3 Å². The van der Waals surface area contributed by atoms with E-state index in [2.05, 4.69) is 13.8 Å². The Labute approximate surface area is 116 Å². The Morgan fingerprint density at radius 2 is 1.79 bits per heavy atom. The molecule has 0 amide bonds. The summed E-state index contributed by atoms with van der Waals surface area (Å²) in [7, 11) is 0. The molecule has 6 atom stereocenters. The van der Waals surface area contributed by atoms with Crippen LogP contribution in [-0.2, 0) is 4.74 Å². The van der Waals surface area contributed by atoms with E-state index in [4.69, 9.17) is 4.74 Å². The summed E-state index contributed by atoms with van der Waals surface area (Å²) < 4.78 is 6.03. The number of aliphatic hydroxyl groups is 2. The molecule has 0 bridgehead atoms. The molecular formula is C16H28O3. The Bertz CT molecular complexity index is 345. The largest absolute Gasteiger partial charge is 0.393 e. The summed E-state index contributed by atoms with van der Waals surface area (Å²) in [5.74, 6) is -0.225. The van der Waals surface area contributed by atoms with Gasteiger partial charge in [-0.3, -0.25) is 0 Å². The molecule has 0 aromatic rings. The van der Waals surface area contributed by atoms with Crippen LogP contribution in [0.4, 0.5) is 0 Å². The quantitative estimate of drug-likeness (QED) is 0.809. The summed E-state index contributed by atoms with van der Waals surface area (Å²) in [6.45, 7) is 4.33. The van der Waals surface area contributed by atoms with Crippen LogP contribution in [-0.4, -0.2) is 28.2 Å². The van der Waals surface area contributed by atoms with Gasteiger partial charge >= 0.3 is 0 Å². The number of hydrogen-bond donors (Lipinski definition) is 2. The van der Waals surface area contributed by atoms with Crippen molar-refractivity contribution in [3.8, 4) is 0 Å². The van der Waals surface area contributed by atoms with E-state index in [1.807, 2.05) is 0 Å². The third kappa shape index (κ3) is 1.89. The summed E-state index contributed by atoms with van der Waals surface area (Å²) in [5.41, 5.74) is 0.0549. The van der Waals surface area contributed by atoms with Crippen LogP contribution in [0.1, 0.15) is 65.2 Å². The second-order valence-corrected chi connectivity index (χ2v) is 6.96. The number of rotatable bonds is 2. The summed E-state index contributed by atoms with van der Waals surface area (Å²) in [5, 5.41) is 21.4. The summed E-state index contributed by atoms with van der Waals surface area (Å²) in [4.78, 5) is 0. The van der Waals surface area contributed by atoms with E-state index in [1.54, 1.807) is 0 Å². The van der Waals surface area contributed by atoms with Crippen molar-refractivity contribution in [1.29, 1.82) is 0 Å². The van der Waals surface area contributed by atoms with Gasteiger partial charge in [-0.2, -0.15) is 0 Å². The molecule has 1 saturated heterocycles. The Balaban J connectivity index is 1.87. The molecule has 110 valence electrons. The molecule has 3 fully saturated rings. The molecule has 0 aromatic carbocycles. The molecule has 1 heterocycles. The molecule has 4 unspecified atom stereocenters. The van der Waals surface area contributed by atoms with Crippen LogP contribution in [0.15, 0.2) is 0 Å². The van der Waals surface area contributed by atoms with Crippen molar-refractivity contribution < 1.29 is 14.9 Å². The summed E-state index contributed by atoms with van der Waals surface area (Å²) in [6.07, 6.45) is 7.78. The first-order chi connectivity index (χ1) is 9.05. The minimum absolute atomic E-state index is 0.0549. The maximum Gasteiger partial charge on any atom is 0.168 e. The van der Waals surface area contributed by atoms with Gasteiger partial charge in [0.15, 0.2) is 5.79 Å². The normalized spacial score (nSPS) is 53.7. The standard InChI is InChI=1S/C16H28O3/c1-3-11-5-6-13-12-7-8-14(17)15(12,4-2)9-10-16(13,18)19-11/h11-14,17-18H,3-10H2,1-2H3/t11?,12-,13?,14?,15+,16?/m0/s1. The van der Waals surface area contributed by atoms with Crippen LogP contribution in [0.3, 0.4) is 0 Å². The minimum Gasteiger partial charge on any atom is -0.393 e. The molecule has 3 heteroatoms. The Morgan fingerprint density at radius 3 is 2.47 bits per heavy atom. The van der Waals surface area contributed by atoms with Gasteiger partial charge in [0, 0.05) is 12.3 Å². The average molecular weight is 268 g/mol. The zero-order valence-corrected chi connectivity index (χ0v) is 12.3. The molecule has 2 aliphatic carbocycles. The first-order valence-corrected chi connectivity index (χ1v) is 8.14. The van der Waals surface area contributed by atoms with E-state index >= 15 is 0 Å². The van der Waals surface area contributed by atoms with Crippen molar-refractivity contribution >= 4 is 0 Å². The van der Waals surface area contributed by atoms with Gasteiger partial charge in [-0.1, -0.05) is 13.8 Å². The van der Waals surface area contributed by atoms with E-state index in [-0.39, 0.29) is 23.5 Å². The fourth-order valence-electron chi connectivity index (χ4n) is 5.27. The predicted octanol–water partition coefficient (Wildman–Crippen LogP) is 2.84. The van der Waals surface area contributed by atoms with Gasteiger partial charge in [0.05, 0.1) is 12.2 Å². The van der Waals surface area contributed by atoms with Crippen LogP contribution < -0.4 is 0 Å². The van der Waals surface area contributed by atoms with E-state index < -0.39 is 5.79 Å². The van der Waals surface area contributed by atoms with Crippen LogP contribution in [0.25, 0.3) is 0 Å². The first-order valence-electron chi connectivity index (χ1n) is 8.14. The van der Waals surface area contributed by atoms with E-state index in [9.17, 15) is 10.2 Å². The van der Waals surface area contributed by atoms with Crippen LogP contribution in [0.2, 0.25) is 0 Å². The Hall–Kier alpha value is -0.120. The first kappa shape index (κ1) is 13.8. The van der Waals surface area contributed by atoms with Crippen molar-refractivity contribution in [3.05, 3.63) is 0 Å². The zero-order chi connectivity index (χ0) is 13.7. The molecular weight excluding hydrogens is 240 g/mol. The van der Waals surface area contributed by atoms with Gasteiger partial charge in [-0.25, -0.2) is 0 Å². The van der Waals surface area contributed by atoms with Crippen LogP contribution in [0, 0.1) is 17.3 Å². The number of aliphatic hydroxyl groups excluding tert-OH is 1. The van der Waals surface area contributed by atoms with E-state index in [1.165, 1.54) is 0 Å². The van der Waals surface area contributed by atoms with Crippen molar-refractivity contribution in [3.63, 3.8) is 0 Å². The smallest absolute Gasteiger partial charge is 0.168 e. The summed E-state index contributed by atoms with van der Waals surface area (Å²) >= 11 is 0. The molecule has 2 saturated carbocycles. The Morgan fingerprint density at radius 1 is 1.05 bits per heavy atom. The highest BCUT2D eigenvalue weighted by Gasteiger charge is 2.61. The lowest BCUT2D eigenvalue weighted by Gasteiger charge is -2.55. The molecule has 19 heavy (non-hydrogen) atoms. The molecule has 3 nitrogen and oxygen atoms in total. The van der Waals surface area contributed by atoms with Crippen molar-refractivity contribution in [2.45, 2.75) is 83.2 Å². The zero-order valence-electron chi connectivity index (χ0n) is 12.3. The number of ether oxygens (including phenoxy) is 1. The lowest BCUT2D eigenvalue weighted by atomic mass is 9.57. The highest BCUT2D eigenvalue weighted by atomic mass is 16.6. The van der Waals surface area contributed by atoms with Crippen molar-refractivity contribution in [1.82, 2.24) is 0 Å². The summed E-state index contributed by atoms with van der Waals surface area (Å²) in [6, 6.07) is 0. The lowest BCUT2D eigenvalue weighted by molar-refractivity contribution is -0.320. The molecule has 0 spiro atoms. The third-order valence-corrected chi connectivity index (χ3v) is 6.45. The maximum absolute atomic E-state index is 10.9. The molecule has 2 N–H and O–H groups in total. The van der Waals surface area contributed by atoms with Gasteiger partial charge in [-0.15, -0.1) is 0 Å². The van der Waals surface area contributed by atoms with Crippen molar-refractivity contribution in [2.24, 2.45) is 17.3 Å². The van der Waals surface area contributed by atoms with Gasteiger partial charge < -0.3 is 14.9 Å². The molecule has 1 aliphatic heterocycles. The fourth-order valence-corrected chi connectivity index (χ4v) is 5.27. The van der Waals surface area contributed by atoms with Gasteiger partial charge in [0.25, 0.3) is 0 Å². The Kier molecular flexibility index (Phi) is 3.43. The van der Waals surface area contributed by atoms with Crippen LogP contribution >= 0.6 is 0 Å². The van der Waals surface area contributed by atoms with Gasteiger partial charge in [0.1, 0.15) is 0 Å². The van der Waals surface area contributed by atoms with Gasteiger partial charge in [0.2, 0.25) is 0 Å². The molecule has 3 aliphatic rings. The maximum atomic E-state index is 10.9. The van der Waals surface area contributed by atoms with Crippen LogP contribution in [0.5, 0.6) is 0 Å². The molecule has 3 rings (SSSR count). The second kappa shape index (κ2) is 4.71. The topological polar surface area (TPSA) is 49.7 Å². The highest BCUT2D eigenvalue weighted by molar-refractivity contribution is 5.07. The fraction of sp³-hybridized carbons (Fsp3) is 1.00. The minimum atomic E-state index is -0.910. The van der Waals surface area contributed by atoms with Crippen molar-refractivity contribution in [2.75, 3.05) is 0 Å². The monoisotopic (exact) mass is 268 g/mol. The lowest BCUT2D eigenvalue weighted by Crippen LogP contribution is -2.58. The molecule has 0 radical (unpaired) electrons. The SMILES string of the molecule is CCC1CCC2[C@@H]3CCC(O)[C@]3(CC)CCC2(O)O1. The van der Waals surface area contributed by atoms with Gasteiger partial charge in [-0.05, 0) is 56.3 Å². The second-order valence-electron chi connectivity index (χ2n) is 6.96.